The van der Waals surface area contributed by atoms with E-state index in [1.54, 1.807) is 29.7 Å². The fourth-order valence-corrected chi connectivity index (χ4v) is 5.06. The zero-order valence-electron chi connectivity index (χ0n) is 16.7. The van der Waals surface area contributed by atoms with E-state index >= 15 is 0 Å². The molecule has 1 N–H and O–H groups in total. The second kappa shape index (κ2) is 7.90. The van der Waals surface area contributed by atoms with Crippen LogP contribution in [0.15, 0.2) is 54.2 Å². The maximum atomic E-state index is 9.07. The predicted octanol–water partition coefficient (Wildman–Crippen LogP) is 4.98. The lowest BCUT2D eigenvalue weighted by Gasteiger charge is -2.22. The summed E-state index contributed by atoms with van der Waals surface area (Å²) in [5.74, 6) is 0.647. The first-order chi connectivity index (χ1) is 14.7. The van der Waals surface area contributed by atoms with Gasteiger partial charge in [-0.25, -0.2) is 9.97 Å². The van der Waals surface area contributed by atoms with Crippen LogP contribution in [-0.4, -0.2) is 26.0 Å². The van der Waals surface area contributed by atoms with Gasteiger partial charge in [0.05, 0.1) is 23.4 Å². The van der Waals surface area contributed by atoms with E-state index in [4.69, 9.17) is 10.2 Å². The first kappa shape index (κ1) is 18.8. The summed E-state index contributed by atoms with van der Waals surface area (Å²) in [5, 5.41) is 16.6. The van der Waals surface area contributed by atoms with E-state index in [1.165, 1.54) is 22.9 Å². The number of hydrogen-bond donors (Lipinski definition) is 1. The minimum Gasteiger partial charge on any atom is -0.350 e. The number of aromatic nitrogens is 3. The van der Waals surface area contributed by atoms with E-state index in [0.29, 0.717) is 17.4 Å². The first-order valence-electron chi connectivity index (χ1n) is 10.1. The Morgan fingerprint density at radius 1 is 1.30 bits per heavy atom. The van der Waals surface area contributed by atoms with Crippen molar-refractivity contribution in [2.24, 2.45) is 7.05 Å². The Bertz CT molecular complexity index is 1230. The van der Waals surface area contributed by atoms with Gasteiger partial charge in [0, 0.05) is 42.3 Å². The van der Waals surface area contributed by atoms with Crippen LogP contribution in [0.1, 0.15) is 35.7 Å². The Labute approximate surface area is 179 Å². The molecular formula is C23H22N6S. The fourth-order valence-electron chi connectivity index (χ4n) is 4.30. The highest BCUT2D eigenvalue weighted by molar-refractivity contribution is 7.13. The van der Waals surface area contributed by atoms with Crippen molar-refractivity contribution in [3.63, 3.8) is 0 Å². The standard InChI is InChI=1S/C23H22N6S/c1-28-13-17(18-5-2-3-6-20(18)28)14-29-10-4-7-21(29)19-15-30-23(26-19)27-22-11-16(12-24)8-9-25-22/h2-3,5-6,8-9,11,13,15,21H,4,7,10,14H2,1H3,(H,25,26,27). The lowest BCUT2D eigenvalue weighted by Crippen LogP contribution is -2.22. The molecule has 0 radical (unpaired) electrons. The highest BCUT2D eigenvalue weighted by Crippen LogP contribution is 2.36. The Morgan fingerprint density at radius 2 is 2.20 bits per heavy atom. The molecule has 1 aromatic carbocycles. The number of thiazole rings is 1. The van der Waals surface area contributed by atoms with Gasteiger partial charge >= 0.3 is 0 Å². The predicted molar refractivity (Wildman–Crippen MR) is 120 cm³/mol. The van der Waals surface area contributed by atoms with Gasteiger partial charge < -0.3 is 9.88 Å². The largest absolute Gasteiger partial charge is 0.350 e. The number of likely N-dealkylation sites (tertiary alicyclic amines) is 1. The molecule has 1 fully saturated rings. The molecule has 4 aromatic rings. The first-order valence-corrected chi connectivity index (χ1v) is 10.9. The third-order valence-corrected chi connectivity index (χ3v) is 6.48. The molecule has 0 aliphatic carbocycles. The van der Waals surface area contributed by atoms with Crippen LogP contribution in [0.3, 0.4) is 0 Å². The van der Waals surface area contributed by atoms with Gasteiger partial charge in [0.1, 0.15) is 5.82 Å². The van der Waals surface area contributed by atoms with Crippen molar-refractivity contribution in [1.29, 1.82) is 5.26 Å². The third kappa shape index (κ3) is 3.56. The summed E-state index contributed by atoms with van der Waals surface area (Å²) in [6, 6.07) is 14.5. The zero-order valence-corrected chi connectivity index (χ0v) is 17.6. The van der Waals surface area contributed by atoms with Crippen molar-refractivity contribution in [3.05, 3.63) is 71.0 Å². The summed E-state index contributed by atoms with van der Waals surface area (Å²) in [7, 11) is 2.11. The van der Waals surface area contributed by atoms with Crippen molar-refractivity contribution >= 4 is 33.2 Å². The lowest BCUT2D eigenvalue weighted by molar-refractivity contribution is 0.246. The third-order valence-electron chi connectivity index (χ3n) is 5.70. The molecule has 0 spiro atoms. The molecular weight excluding hydrogens is 392 g/mol. The summed E-state index contributed by atoms with van der Waals surface area (Å²) in [4.78, 5) is 11.7. The van der Waals surface area contributed by atoms with Gasteiger partial charge in [-0.05, 0) is 43.1 Å². The van der Waals surface area contributed by atoms with Crippen LogP contribution in [0, 0.1) is 11.3 Å². The molecule has 7 heteroatoms. The molecule has 4 heterocycles. The molecule has 0 bridgehead atoms. The van der Waals surface area contributed by atoms with Gasteiger partial charge in [0.25, 0.3) is 0 Å². The van der Waals surface area contributed by atoms with Crippen molar-refractivity contribution in [2.75, 3.05) is 11.9 Å². The second-order valence-corrected chi connectivity index (χ2v) is 8.51. The average molecular weight is 415 g/mol. The highest BCUT2D eigenvalue weighted by Gasteiger charge is 2.28. The minimum absolute atomic E-state index is 0.328. The topological polar surface area (TPSA) is 69.8 Å². The molecule has 1 aliphatic heterocycles. The molecule has 3 aromatic heterocycles. The molecule has 1 aliphatic rings. The maximum absolute atomic E-state index is 9.07. The van der Waals surface area contributed by atoms with E-state index in [-0.39, 0.29) is 0 Å². The SMILES string of the molecule is Cn1cc(CN2CCCC2c2csc(Nc3cc(C#N)ccn3)n2)c2ccccc21. The van der Waals surface area contributed by atoms with Gasteiger partial charge in [-0.3, -0.25) is 4.90 Å². The molecule has 0 saturated carbocycles. The van der Waals surface area contributed by atoms with Crippen LogP contribution in [0.2, 0.25) is 0 Å². The lowest BCUT2D eigenvalue weighted by atomic mass is 10.1. The van der Waals surface area contributed by atoms with E-state index < -0.39 is 0 Å². The number of nitriles is 1. The fraction of sp³-hybridized carbons (Fsp3) is 0.261. The van der Waals surface area contributed by atoms with E-state index in [1.807, 2.05) is 0 Å². The molecule has 6 nitrogen and oxygen atoms in total. The highest BCUT2D eigenvalue weighted by atomic mass is 32.1. The number of benzene rings is 1. The average Bonchev–Trinajstić information content (AvgIpc) is 3.49. The number of nitrogens with one attached hydrogen (secondary N) is 1. The number of para-hydroxylation sites is 1. The van der Waals surface area contributed by atoms with Crippen LogP contribution in [0.4, 0.5) is 10.9 Å². The molecule has 1 unspecified atom stereocenters. The van der Waals surface area contributed by atoms with Gasteiger partial charge in [-0.2, -0.15) is 5.26 Å². The number of fused-ring (bicyclic) bond motifs is 1. The normalized spacial score (nSPS) is 16.7. The van der Waals surface area contributed by atoms with Crippen molar-refractivity contribution in [3.8, 4) is 6.07 Å². The number of pyridine rings is 1. The van der Waals surface area contributed by atoms with Crippen LogP contribution in [0.25, 0.3) is 10.9 Å². The second-order valence-electron chi connectivity index (χ2n) is 7.65. The molecule has 1 atom stereocenters. The quantitative estimate of drug-likeness (QED) is 0.499. The smallest absolute Gasteiger partial charge is 0.188 e. The molecule has 0 amide bonds. The summed E-state index contributed by atoms with van der Waals surface area (Å²) in [5.41, 5.74) is 4.33. The minimum atomic E-state index is 0.328. The Morgan fingerprint density at radius 3 is 3.10 bits per heavy atom. The summed E-state index contributed by atoms with van der Waals surface area (Å²) in [6.45, 7) is 2.01. The molecule has 150 valence electrons. The Kier molecular flexibility index (Phi) is 4.95. The van der Waals surface area contributed by atoms with E-state index in [0.717, 1.165) is 30.3 Å². The van der Waals surface area contributed by atoms with Gasteiger partial charge in [-0.1, -0.05) is 18.2 Å². The van der Waals surface area contributed by atoms with E-state index in [2.05, 4.69) is 68.7 Å². The van der Waals surface area contributed by atoms with Crippen molar-refractivity contribution in [1.82, 2.24) is 19.4 Å². The van der Waals surface area contributed by atoms with E-state index in [9.17, 15) is 0 Å². The maximum Gasteiger partial charge on any atom is 0.188 e. The van der Waals surface area contributed by atoms with Crippen molar-refractivity contribution < 1.29 is 0 Å². The Balaban J connectivity index is 1.34. The molecule has 5 rings (SSSR count). The molecule has 30 heavy (non-hydrogen) atoms. The van der Waals surface area contributed by atoms with Gasteiger partial charge in [0.2, 0.25) is 0 Å². The number of rotatable bonds is 5. The number of nitrogens with zero attached hydrogens (tertiary/aromatic N) is 5. The van der Waals surface area contributed by atoms with Crippen LogP contribution in [0.5, 0.6) is 0 Å². The zero-order chi connectivity index (χ0) is 20.5. The number of anilines is 2. The number of hydrogen-bond acceptors (Lipinski definition) is 6. The van der Waals surface area contributed by atoms with Gasteiger partial charge in [0.15, 0.2) is 5.13 Å². The van der Waals surface area contributed by atoms with Gasteiger partial charge in [-0.15, -0.1) is 11.3 Å². The molecule has 1 saturated heterocycles. The van der Waals surface area contributed by atoms with Crippen LogP contribution in [-0.2, 0) is 13.6 Å². The summed E-state index contributed by atoms with van der Waals surface area (Å²) in [6.07, 6.45) is 6.19. The van der Waals surface area contributed by atoms with Crippen LogP contribution >= 0.6 is 11.3 Å². The van der Waals surface area contributed by atoms with Crippen LogP contribution < -0.4 is 5.32 Å². The summed E-state index contributed by atoms with van der Waals surface area (Å²) >= 11 is 1.58. The van der Waals surface area contributed by atoms with Crippen molar-refractivity contribution in [2.45, 2.75) is 25.4 Å². The Hall–Kier alpha value is -3.21. The summed E-state index contributed by atoms with van der Waals surface area (Å²) < 4.78 is 2.21. The number of aryl methyl sites for hydroxylation is 1. The monoisotopic (exact) mass is 414 g/mol.